The lowest BCUT2D eigenvalue weighted by atomic mass is 10.2. The first-order valence-corrected chi connectivity index (χ1v) is 13.5. The van der Waals surface area contributed by atoms with Crippen molar-refractivity contribution in [1.82, 2.24) is 8.61 Å². The van der Waals surface area contributed by atoms with Crippen molar-refractivity contribution in [2.75, 3.05) is 32.7 Å². The highest BCUT2D eigenvalue weighted by atomic mass is 32.2. The van der Waals surface area contributed by atoms with Gasteiger partial charge in [-0.2, -0.15) is 0 Å². The molecule has 33 heavy (non-hydrogen) atoms. The number of hydrogen-bond acceptors (Lipinski definition) is 4. The van der Waals surface area contributed by atoms with Crippen LogP contribution in [-0.4, -0.2) is 55.8 Å². The zero-order valence-corrected chi connectivity index (χ0v) is 22.5. The summed E-state index contributed by atoms with van der Waals surface area (Å²) in [4.78, 5) is 1.48. The Labute approximate surface area is 206 Å². The quantitative estimate of drug-likeness (QED) is 0.465. The van der Waals surface area contributed by atoms with E-state index in [-0.39, 0.29) is 6.04 Å². The van der Waals surface area contributed by atoms with Gasteiger partial charge in [-0.3, -0.25) is 0 Å². The third-order valence-electron chi connectivity index (χ3n) is 4.38. The molecule has 186 valence electrons. The maximum atomic E-state index is 13.1. The minimum absolute atomic E-state index is 0.130. The van der Waals surface area contributed by atoms with Gasteiger partial charge in [-0.1, -0.05) is 49.2 Å². The molecule has 0 radical (unpaired) electrons. The summed E-state index contributed by atoms with van der Waals surface area (Å²) in [6.45, 7) is 18.2. The van der Waals surface area contributed by atoms with Crippen molar-refractivity contribution in [2.45, 2.75) is 50.5 Å². The first-order valence-electron chi connectivity index (χ1n) is 11.2. The average Bonchev–Trinajstić information content (AvgIpc) is 2.83. The maximum absolute atomic E-state index is 13.1. The number of nitrogens with zero attached hydrogens (tertiary/aromatic N) is 2. The van der Waals surface area contributed by atoms with Gasteiger partial charge >= 0.3 is 0 Å². The Kier molecular flexibility index (Phi) is 16.8. The average molecular weight is 495 g/mol. The zero-order valence-electron chi connectivity index (χ0n) is 20.8. The Balaban J connectivity index is 0.00000242. The molecule has 0 aliphatic heterocycles. The molecule has 8 heteroatoms. The van der Waals surface area contributed by atoms with Gasteiger partial charge < -0.3 is 11.5 Å². The van der Waals surface area contributed by atoms with E-state index >= 15 is 0 Å². The highest BCUT2D eigenvalue weighted by Crippen LogP contribution is 2.15. The fourth-order valence-corrected chi connectivity index (χ4v) is 5.29. The van der Waals surface area contributed by atoms with Crippen LogP contribution in [0.3, 0.4) is 0 Å². The molecule has 2 rings (SSSR count). The van der Waals surface area contributed by atoms with E-state index in [0.717, 1.165) is 20.9 Å². The summed E-state index contributed by atoms with van der Waals surface area (Å²) in [6, 6.07) is 15.2. The second-order valence-electron chi connectivity index (χ2n) is 7.21. The molecule has 0 heterocycles. The van der Waals surface area contributed by atoms with Crippen LogP contribution in [-0.2, 0) is 22.0 Å². The Morgan fingerprint density at radius 1 is 0.788 bits per heavy atom. The first-order chi connectivity index (χ1) is 15.8. The minimum atomic E-state index is -1.33. The van der Waals surface area contributed by atoms with Crippen LogP contribution in [0.1, 0.15) is 31.9 Å². The summed E-state index contributed by atoms with van der Waals surface area (Å²) in [5.41, 5.74) is 14.0. The van der Waals surface area contributed by atoms with Crippen LogP contribution >= 0.6 is 0 Å². The molecule has 0 spiro atoms. The lowest BCUT2D eigenvalue weighted by molar-refractivity contribution is 0.361. The molecule has 0 aliphatic rings. The summed E-state index contributed by atoms with van der Waals surface area (Å²) in [7, 11) is -2.66. The van der Waals surface area contributed by atoms with Gasteiger partial charge in [0.15, 0.2) is 0 Å². The van der Waals surface area contributed by atoms with E-state index in [2.05, 4.69) is 13.2 Å². The van der Waals surface area contributed by atoms with Gasteiger partial charge in [0.25, 0.3) is 0 Å². The summed E-state index contributed by atoms with van der Waals surface area (Å²) in [5, 5.41) is 0. The molecule has 2 aromatic carbocycles. The van der Waals surface area contributed by atoms with Crippen molar-refractivity contribution in [1.29, 1.82) is 0 Å². The van der Waals surface area contributed by atoms with Crippen molar-refractivity contribution in [3.63, 3.8) is 0 Å². The lowest BCUT2D eigenvalue weighted by Gasteiger charge is -2.27. The molecule has 0 aliphatic carbocycles. The summed E-state index contributed by atoms with van der Waals surface area (Å²) in [6.07, 6.45) is 0. The van der Waals surface area contributed by atoms with Gasteiger partial charge in [-0.25, -0.2) is 17.0 Å². The number of nitrogens with two attached hydrogens (primary N) is 2. The summed E-state index contributed by atoms with van der Waals surface area (Å²) < 4.78 is 29.8. The van der Waals surface area contributed by atoms with Gasteiger partial charge in [0.1, 0.15) is 22.0 Å². The Hall–Kier alpha value is -1.68. The van der Waals surface area contributed by atoms with Gasteiger partial charge in [0.2, 0.25) is 0 Å². The molecule has 3 atom stereocenters. The maximum Gasteiger partial charge on any atom is 0.127 e. The molecule has 0 saturated carbocycles. The summed E-state index contributed by atoms with van der Waals surface area (Å²) in [5.74, 6) is 0. The van der Waals surface area contributed by atoms with E-state index in [0.29, 0.717) is 32.7 Å². The topological polar surface area (TPSA) is 92.7 Å². The molecular weight excluding hydrogens is 452 g/mol. The summed E-state index contributed by atoms with van der Waals surface area (Å²) >= 11 is 0. The predicted octanol–water partition coefficient (Wildman–Crippen LogP) is 3.79. The minimum Gasteiger partial charge on any atom is -0.329 e. The highest BCUT2D eigenvalue weighted by molar-refractivity contribution is 7.83. The van der Waals surface area contributed by atoms with E-state index < -0.39 is 22.0 Å². The second-order valence-corrected chi connectivity index (χ2v) is 10.2. The van der Waals surface area contributed by atoms with Crippen LogP contribution in [0.2, 0.25) is 0 Å². The van der Waals surface area contributed by atoms with E-state index in [9.17, 15) is 8.42 Å². The Morgan fingerprint density at radius 3 is 1.52 bits per heavy atom. The highest BCUT2D eigenvalue weighted by Gasteiger charge is 2.21. The predicted molar refractivity (Wildman–Crippen MR) is 144 cm³/mol. The third-order valence-corrected chi connectivity index (χ3v) is 7.37. The largest absolute Gasteiger partial charge is 0.329 e. The molecule has 3 unspecified atom stereocenters. The van der Waals surface area contributed by atoms with Crippen LogP contribution in [0.5, 0.6) is 0 Å². The first kappa shape index (κ1) is 31.3. The Morgan fingerprint density at radius 2 is 1.15 bits per heavy atom. The molecule has 0 bridgehead atoms. The van der Waals surface area contributed by atoms with E-state index in [1.807, 2.05) is 91.8 Å². The fourth-order valence-electron chi connectivity index (χ4n) is 2.82. The molecule has 0 amide bonds. The van der Waals surface area contributed by atoms with Crippen molar-refractivity contribution < 1.29 is 8.42 Å². The number of hydrogen-bond donors (Lipinski definition) is 2. The fraction of sp³-hybridized carbons (Fsp3) is 0.440. The monoisotopic (exact) mass is 494 g/mol. The van der Waals surface area contributed by atoms with Crippen LogP contribution in [0.4, 0.5) is 0 Å². The molecule has 0 fully saturated rings. The SMILES string of the molecule is C=C.CC.Cc1ccc(S(=O)N(CCN)CCN(CC(C)N)S(=O)c2ccc(C)cc2)cc1. The number of benzene rings is 2. The molecule has 4 N–H and O–H groups in total. The second kappa shape index (κ2) is 17.8. The van der Waals surface area contributed by atoms with Gasteiger partial charge in [0.05, 0.1) is 9.79 Å². The molecule has 6 nitrogen and oxygen atoms in total. The van der Waals surface area contributed by atoms with Crippen LogP contribution in [0.25, 0.3) is 0 Å². The van der Waals surface area contributed by atoms with Gasteiger partial charge in [0, 0.05) is 38.8 Å². The van der Waals surface area contributed by atoms with Crippen LogP contribution in [0, 0.1) is 13.8 Å². The normalized spacial score (nSPS) is 13.4. The van der Waals surface area contributed by atoms with Crippen LogP contribution in [0.15, 0.2) is 71.5 Å². The third kappa shape index (κ3) is 11.3. The van der Waals surface area contributed by atoms with Gasteiger partial charge in [-0.15, -0.1) is 13.2 Å². The van der Waals surface area contributed by atoms with Crippen molar-refractivity contribution in [3.05, 3.63) is 72.8 Å². The van der Waals surface area contributed by atoms with Crippen molar-refractivity contribution in [2.24, 2.45) is 11.5 Å². The van der Waals surface area contributed by atoms with E-state index in [1.54, 1.807) is 0 Å². The molecular formula is C25H42N4O2S2. The van der Waals surface area contributed by atoms with Crippen molar-refractivity contribution >= 4 is 22.0 Å². The van der Waals surface area contributed by atoms with E-state index in [1.165, 1.54) is 0 Å². The zero-order chi connectivity index (χ0) is 25.4. The lowest BCUT2D eigenvalue weighted by Crippen LogP contribution is -2.43. The van der Waals surface area contributed by atoms with Crippen LogP contribution < -0.4 is 11.5 Å². The van der Waals surface area contributed by atoms with Crippen molar-refractivity contribution in [3.8, 4) is 0 Å². The number of aryl methyl sites for hydroxylation is 2. The molecule has 0 aromatic heterocycles. The molecule has 0 saturated heterocycles. The molecule has 2 aromatic rings. The standard InChI is InChI=1S/C21H32N4O2S2.C2H6.C2H4/c1-17-4-8-20(9-5-17)28(26)24(13-12-22)14-15-25(16-19(3)23)29(27)21-10-6-18(2)7-11-21;2*1-2/h4-11,19H,12-16,22-23H2,1-3H3;1-2H3;1-2H2. The number of rotatable bonds is 11. The van der Waals surface area contributed by atoms with E-state index in [4.69, 9.17) is 11.5 Å². The van der Waals surface area contributed by atoms with Gasteiger partial charge in [-0.05, 0) is 45.0 Å². The Bertz CT molecular complexity index is 827. The smallest absolute Gasteiger partial charge is 0.127 e.